The first-order chi connectivity index (χ1) is 10.1. The maximum atomic E-state index is 12.4. The predicted octanol–water partition coefficient (Wildman–Crippen LogP) is 2.93. The summed E-state index contributed by atoms with van der Waals surface area (Å²) in [5.74, 6) is 1.33. The van der Waals surface area contributed by atoms with Gasteiger partial charge >= 0.3 is 0 Å². The van der Waals surface area contributed by atoms with E-state index in [1.165, 1.54) is 11.3 Å². The van der Waals surface area contributed by atoms with Gasteiger partial charge in [-0.1, -0.05) is 38.0 Å². The van der Waals surface area contributed by atoms with Crippen molar-refractivity contribution >= 4 is 17.7 Å². The summed E-state index contributed by atoms with van der Waals surface area (Å²) in [7, 11) is 0. The Balaban J connectivity index is 1.60. The van der Waals surface area contributed by atoms with Crippen molar-refractivity contribution in [3.05, 3.63) is 29.8 Å². The molecule has 21 heavy (non-hydrogen) atoms. The Morgan fingerprint density at radius 3 is 3.10 bits per heavy atom. The van der Waals surface area contributed by atoms with Gasteiger partial charge in [0.25, 0.3) is 0 Å². The molecule has 1 fully saturated rings. The highest BCUT2D eigenvalue weighted by molar-refractivity contribution is 7.99. The molecular formula is C17H23NO2S. The lowest BCUT2D eigenvalue weighted by molar-refractivity contribution is -0.124. The van der Waals surface area contributed by atoms with Crippen LogP contribution in [-0.2, 0) is 4.79 Å². The Bertz CT molecular complexity index is 533. The summed E-state index contributed by atoms with van der Waals surface area (Å²) >= 11 is 1.74. The van der Waals surface area contributed by atoms with E-state index < -0.39 is 5.60 Å². The number of amides is 1. The van der Waals surface area contributed by atoms with Gasteiger partial charge in [0.15, 0.2) is 0 Å². The van der Waals surface area contributed by atoms with Crippen LogP contribution in [0.3, 0.4) is 0 Å². The third-order valence-electron chi connectivity index (χ3n) is 4.68. The molecule has 1 aromatic carbocycles. The van der Waals surface area contributed by atoms with Gasteiger partial charge in [0.1, 0.15) is 0 Å². The average Bonchev–Trinajstić information content (AvgIpc) is 2.89. The van der Waals surface area contributed by atoms with Gasteiger partial charge in [-0.15, -0.1) is 11.8 Å². The zero-order valence-electron chi connectivity index (χ0n) is 12.5. The summed E-state index contributed by atoms with van der Waals surface area (Å²) in [6.45, 7) is 2.56. The summed E-state index contributed by atoms with van der Waals surface area (Å²) in [5.41, 5.74) is 0.419. The number of hydrogen-bond donors (Lipinski definition) is 2. The van der Waals surface area contributed by atoms with Crippen molar-refractivity contribution in [1.82, 2.24) is 5.32 Å². The lowest BCUT2D eigenvalue weighted by Gasteiger charge is -2.35. The van der Waals surface area contributed by atoms with Gasteiger partial charge in [0.2, 0.25) is 5.91 Å². The Hall–Kier alpha value is -1.00. The molecule has 2 N–H and O–H groups in total. The van der Waals surface area contributed by atoms with Crippen LogP contribution < -0.4 is 5.32 Å². The van der Waals surface area contributed by atoms with Crippen LogP contribution in [0.25, 0.3) is 0 Å². The molecule has 3 unspecified atom stereocenters. The van der Waals surface area contributed by atoms with Crippen molar-refractivity contribution in [2.24, 2.45) is 5.92 Å². The minimum atomic E-state index is -0.710. The maximum absolute atomic E-state index is 12.4. The Labute approximate surface area is 130 Å². The maximum Gasteiger partial charge on any atom is 0.228 e. The minimum absolute atomic E-state index is 0.0547. The lowest BCUT2D eigenvalue weighted by Crippen LogP contribution is -2.46. The van der Waals surface area contributed by atoms with E-state index in [1.54, 1.807) is 11.8 Å². The molecule has 0 bridgehead atoms. The molecule has 1 aliphatic carbocycles. The molecule has 114 valence electrons. The number of carbonyl (C=O) groups excluding carboxylic acids is 1. The number of hydrogen-bond acceptors (Lipinski definition) is 3. The second-order valence-electron chi connectivity index (χ2n) is 6.55. The first-order valence-corrected chi connectivity index (χ1v) is 8.78. The number of nitrogens with one attached hydrogen (secondary N) is 1. The van der Waals surface area contributed by atoms with Gasteiger partial charge in [0, 0.05) is 17.2 Å². The van der Waals surface area contributed by atoms with Crippen LogP contribution in [-0.4, -0.2) is 28.9 Å². The normalized spacial score (nSPS) is 31.7. The molecule has 3 nitrogen and oxygen atoms in total. The second kappa shape index (κ2) is 6.01. The first-order valence-electron chi connectivity index (χ1n) is 7.79. The number of fused-ring (bicyclic) bond motifs is 1. The zero-order valence-corrected chi connectivity index (χ0v) is 13.3. The van der Waals surface area contributed by atoms with Gasteiger partial charge in [-0.05, 0) is 30.4 Å². The van der Waals surface area contributed by atoms with Crippen molar-refractivity contribution in [2.75, 3.05) is 12.3 Å². The van der Waals surface area contributed by atoms with Gasteiger partial charge in [0.05, 0.1) is 11.5 Å². The highest BCUT2D eigenvalue weighted by atomic mass is 32.2. The van der Waals surface area contributed by atoms with Crippen LogP contribution >= 0.6 is 11.8 Å². The van der Waals surface area contributed by atoms with Crippen LogP contribution in [0, 0.1) is 5.92 Å². The Morgan fingerprint density at radius 2 is 2.29 bits per heavy atom. The van der Waals surface area contributed by atoms with Crippen molar-refractivity contribution in [1.29, 1.82) is 0 Å². The van der Waals surface area contributed by atoms with E-state index in [0.29, 0.717) is 12.5 Å². The average molecular weight is 305 g/mol. The smallest absolute Gasteiger partial charge is 0.228 e. The Morgan fingerprint density at radius 1 is 1.48 bits per heavy atom. The second-order valence-corrected chi connectivity index (χ2v) is 7.61. The molecule has 0 aromatic heterocycles. The summed E-state index contributed by atoms with van der Waals surface area (Å²) < 4.78 is 0. The number of carbonyl (C=O) groups is 1. The molecule has 1 heterocycles. The molecule has 4 heteroatoms. The lowest BCUT2D eigenvalue weighted by atomic mass is 9.79. The van der Waals surface area contributed by atoms with Crippen LogP contribution in [0.2, 0.25) is 0 Å². The van der Waals surface area contributed by atoms with Crippen LogP contribution in [0.15, 0.2) is 29.2 Å². The molecule has 0 saturated heterocycles. The predicted molar refractivity (Wildman–Crippen MR) is 85.5 cm³/mol. The van der Waals surface area contributed by atoms with Crippen molar-refractivity contribution < 1.29 is 9.90 Å². The molecule has 0 spiro atoms. The van der Waals surface area contributed by atoms with Crippen molar-refractivity contribution in [3.63, 3.8) is 0 Å². The number of aliphatic hydroxyl groups is 1. The van der Waals surface area contributed by atoms with Crippen molar-refractivity contribution in [2.45, 2.75) is 49.0 Å². The van der Waals surface area contributed by atoms with E-state index in [0.717, 1.165) is 30.6 Å². The van der Waals surface area contributed by atoms with E-state index in [4.69, 9.17) is 0 Å². The van der Waals surface area contributed by atoms with E-state index in [1.807, 2.05) is 18.2 Å². The van der Waals surface area contributed by atoms with Crippen LogP contribution in [0.4, 0.5) is 0 Å². The molecule has 3 atom stereocenters. The monoisotopic (exact) mass is 305 g/mol. The zero-order chi connectivity index (χ0) is 14.9. The SMILES string of the molecule is CC1CCCC(O)(CNC(=O)C2CSc3ccccc32)C1. The van der Waals surface area contributed by atoms with Crippen molar-refractivity contribution in [3.8, 4) is 0 Å². The quantitative estimate of drug-likeness (QED) is 0.902. The molecule has 2 aliphatic rings. The molecular weight excluding hydrogens is 282 g/mol. The summed E-state index contributed by atoms with van der Waals surface area (Å²) in [5, 5.41) is 13.6. The number of rotatable bonds is 3. The third-order valence-corrected chi connectivity index (χ3v) is 5.86. The largest absolute Gasteiger partial charge is 0.388 e. The summed E-state index contributed by atoms with van der Waals surface area (Å²) in [4.78, 5) is 13.6. The van der Waals surface area contributed by atoms with Crippen LogP contribution in [0.5, 0.6) is 0 Å². The fourth-order valence-electron chi connectivity index (χ4n) is 3.55. The fourth-order valence-corrected chi connectivity index (χ4v) is 4.78. The molecule has 0 radical (unpaired) electrons. The molecule has 1 amide bonds. The van der Waals surface area contributed by atoms with Gasteiger partial charge in [-0.25, -0.2) is 0 Å². The highest BCUT2D eigenvalue weighted by Crippen LogP contribution is 2.39. The number of benzene rings is 1. The van der Waals surface area contributed by atoms with E-state index >= 15 is 0 Å². The number of thioether (sulfide) groups is 1. The molecule has 1 saturated carbocycles. The first kappa shape index (κ1) is 14.9. The molecule has 3 rings (SSSR count). The third kappa shape index (κ3) is 3.27. The van der Waals surface area contributed by atoms with Gasteiger partial charge in [-0.2, -0.15) is 0 Å². The van der Waals surface area contributed by atoms with E-state index in [9.17, 15) is 9.90 Å². The summed E-state index contributed by atoms with van der Waals surface area (Å²) in [6, 6.07) is 8.11. The highest BCUT2D eigenvalue weighted by Gasteiger charge is 2.35. The Kier molecular flexibility index (Phi) is 4.27. The van der Waals surface area contributed by atoms with E-state index in [-0.39, 0.29) is 11.8 Å². The fraction of sp³-hybridized carbons (Fsp3) is 0.588. The standard InChI is InChI=1S/C17H23NO2S/c1-12-5-4-8-17(20,9-12)11-18-16(19)14-10-21-15-7-3-2-6-13(14)15/h2-3,6-7,12,14,20H,4-5,8-11H2,1H3,(H,18,19). The molecule has 1 aliphatic heterocycles. The minimum Gasteiger partial charge on any atom is -0.388 e. The van der Waals surface area contributed by atoms with E-state index in [2.05, 4.69) is 18.3 Å². The summed E-state index contributed by atoms with van der Waals surface area (Å²) in [6.07, 6.45) is 3.83. The van der Waals surface area contributed by atoms with Crippen LogP contribution in [0.1, 0.15) is 44.1 Å². The van der Waals surface area contributed by atoms with Gasteiger partial charge in [-0.3, -0.25) is 4.79 Å². The topological polar surface area (TPSA) is 49.3 Å². The van der Waals surface area contributed by atoms with Gasteiger partial charge < -0.3 is 10.4 Å². The molecule has 1 aromatic rings.